The number of rotatable bonds is 7. The third-order valence-corrected chi connectivity index (χ3v) is 5.57. The molecule has 2 N–H and O–H groups in total. The molecule has 0 amide bonds. The van der Waals surface area contributed by atoms with Crippen molar-refractivity contribution in [1.29, 1.82) is 0 Å². The molecule has 7 heteroatoms. The Hall–Kier alpha value is -1.05. The molecule has 0 saturated carbocycles. The maximum Gasteiger partial charge on any atom is 0.209 e. The Bertz CT molecular complexity index is 491. The fourth-order valence-electron chi connectivity index (χ4n) is 4.13. The Labute approximate surface area is 145 Å². The monoisotopic (exact) mass is 338 g/mol. The van der Waals surface area contributed by atoms with Crippen LogP contribution in [0.2, 0.25) is 0 Å². The van der Waals surface area contributed by atoms with Crippen molar-refractivity contribution in [1.82, 2.24) is 20.2 Å². The molecule has 0 spiro atoms. The zero-order valence-electron chi connectivity index (χ0n) is 15.5. The molecule has 0 unspecified atom stereocenters. The van der Waals surface area contributed by atoms with E-state index in [-0.39, 0.29) is 6.10 Å². The van der Waals surface area contributed by atoms with Gasteiger partial charge in [-0.15, -0.1) is 5.10 Å². The van der Waals surface area contributed by atoms with Gasteiger partial charge in [0.1, 0.15) is 26.2 Å². The van der Waals surface area contributed by atoms with Gasteiger partial charge in [-0.25, -0.2) is 4.68 Å². The average molecular weight is 339 g/mol. The summed E-state index contributed by atoms with van der Waals surface area (Å²) in [5, 5.41) is 12.7. The summed E-state index contributed by atoms with van der Waals surface area (Å²) < 4.78 is 7.81. The van der Waals surface area contributed by atoms with Gasteiger partial charge in [-0.1, -0.05) is 13.8 Å². The molecule has 1 aromatic heterocycles. The van der Waals surface area contributed by atoms with Crippen molar-refractivity contribution in [2.24, 2.45) is 5.92 Å². The number of piperazine rings is 1. The van der Waals surface area contributed by atoms with Gasteiger partial charge in [-0.3, -0.25) is 0 Å². The van der Waals surface area contributed by atoms with E-state index in [1.165, 1.54) is 32.7 Å². The number of hydrogen-bond acceptors (Lipinski definition) is 4. The van der Waals surface area contributed by atoms with Gasteiger partial charge in [-0.05, 0) is 36.1 Å². The van der Waals surface area contributed by atoms with Gasteiger partial charge in [-0.2, -0.15) is 0 Å². The zero-order valence-corrected chi connectivity index (χ0v) is 15.5. The highest BCUT2D eigenvalue weighted by Crippen LogP contribution is 2.19. The summed E-state index contributed by atoms with van der Waals surface area (Å²) >= 11 is 0. The molecule has 2 atom stereocenters. The molecule has 7 nitrogen and oxygen atoms in total. The van der Waals surface area contributed by atoms with E-state index in [1.807, 2.05) is 4.68 Å². The fourth-order valence-corrected chi connectivity index (χ4v) is 4.13. The molecular formula is C17H34N6O+2. The molecule has 136 valence electrons. The molecule has 0 radical (unpaired) electrons. The number of hydrogen-bond donors (Lipinski definition) is 2. The first-order chi connectivity index (χ1) is 11.7. The summed E-state index contributed by atoms with van der Waals surface area (Å²) in [5.41, 5.74) is 0. The molecule has 24 heavy (non-hydrogen) atoms. The lowest BCUT2D eigenvalue weighted by Gasteiger charge is -2.34. The van der Waals surface area contributed by atoms with Crippen molar-refractivity contribution in [3.63, 3.8) is 0 Å². The molecule has 0 bridgehead atoms. The van der Waals surface area contributed by atoms with E-state index in [4.69, 9.17) is 4.74 Å². The number of quaternary nitrogens is 2. The number of aromatic nitrogens is 4. The average Bonchev–Trinajstić information content (AvgIpc) is 3.25. The van der Waals surface area contributed by atoms with Crippen LogP contribution in [0.15, 0.2) is 0 Å². The lowest BCUT2D eigenvalue weighted by Crippen LogP contribution is -3.28. The molecule has 0 aromatic carbocycles. The second kappa shape index (κ2) is 8.36. The van der Waals surface area contributed by atoms with Crippen molar-refractivity contribution in [3.05, 3.63) is 5.82 Å². The molecule has 1 aromatic rings. The zero-order chi connectivity index (χ0) is 16.9. The SMILES string of the molecule is CC[NH+]1CC[NH+]([C@@H](CC(C)C)c2nnnn2C[C@H]2CCCO2)CC1. The van der Waals surface area contributed by atoms with E-state index in [0.717, 1.165) is 38.2 Å². The Morgan fingerprint density at radius 1 is 1.25 bits per heavy atom. The minimum absolute atomic E-state index is 0.281. The van der Waals surface area contributed by atoms with E-state index < -0.39 is 0 Å². The minimum atomic E-state index is 0.281. The van der Waals surface area contributed by atoms with Crippen LogP contribution in [-0.4, -0.2) is 65.6 Å². The first-order valence-corrected chi connectivity index (χ1v) is 9.73. The van der Waals surface area contributed by atoms with Crippen LogP contribution < -0.4 is 9.80 Å². The van der Waals surface area contributed by atoms with Crippen LogP contribution >= 0.6 is 0 Å². The molecule has 3 rings (SSSR count). The second-order valence-corrected chi connectivity index (χ2v) is 7.80. The van der Waals surface area contributed by atoms with Gasteiger partial charge in [0.15, 0.2) is 6.04 Å². The van der Waals surface area contributed by atoms with Crippen molar-refractivity contribution in [2.75, 3.05) is 39.3 Å². The van der Waals surface area contributed by atoms with E-state index >= 15 is 0 Å². The van der Waals surface area contributed by atoms with Crippen molar-refractivity contribution in [3.8, 4) is 0 Å². The molecule has 2 aliphatic heterocycles. The quantitative estimate of drug-likeness (QED) is 0.652. The number of nitrogens with zero attached hydrogens (tertiary/aromatic N) is 4. The third kappa shape index (κ3) is 4.32. The predicted octanol–water partition coefficient (Wildman–Crippen LogP) is -1.26. The molecule has 2 aliphatic rings. The smallest absolute Gasteiger partial charge is 0.209 e. The first-order valence-electron chi connectivity index (χ1n) is 9.73. The minimum Gasteiger partial charge on any atom is -0.376 e. The number of ether oxygens (including phenoxy) is 1. The van der Waals surface area contributed by atoms with Crippen LogP contribution in [0, 0.1) is 5.92 Å². The fraction of sp³-hybridized carbons (Fsp3) is 0.941. The van der Waals surface area contributed by atoms with Gasteiger partial charge < -0.3 is 14.5 Å². The van der Waals surface area contributed by atoms with Gasteiger partial charge in [0.2, 0.25) is 5.82 Å². The third-order valence-electron chi connectivity index (χ3n) is 5.57. The number of likely N-dealkylation sites (N-methyl/N-ethyl adjacent to an activating group) is 1. The summed E-state index contributed by atoms with van der Waals surface area (Å²) in [6.07, 6.45) is 3.70. The van der Waals surface area contributed by atoms with Gasteiger partial charge in [0.25, 0.3) is 0 Å². The van der Waals surface area contributed by atoms with Gasteiger partial charge >= 0.3 is 0 Å². The maximum atomic E-state index is 5.79. The molecule has 2 fully saturated rings. The largest absolute Gasteiger partial charge is 0.376 e. The van der Waals surface area contributed by atoms with E-state index in [2.05, 4.69) is 36.3 Å². The molecule has 2 saturated heterocycles. The van der Waals surface area contributed by atoms with Crippen LogP contribution in [0.1, 0.15) is 51.9 Å². The topological polar surface area (TPSA) is 61.7 Å². The number of tetrazole rings is 1. The van der Waals surface area contributed by atoms with Crippen molar-refractivity contribution < 1.29 is 14.5 Å². The van der Waals surface area contributed by atoms with Crippen LogP contribution in [0.4, 0.5) is 0 Å². The molecule has 3 heterocycles. The molecular weight excluding hydrogens is 304 g/mol. The summed E-state index contributed by atoms with van der Waals surface area (Å²) in [7, 11) is 0. The van der Waals surface area contributed by atoms with E-state index in [1.54, 1.807) is 9.80 Å². The van der Waals surface area contributed by atoms with E-state index in [0.29, 0.717) is 12.0 Å². The normalized spacial score (nSPS) is 29.2. The molecule has 0 aliphatic carbocycles. The highest BCUT2D eigenvalue weighted by molar-refractivity contribution is 4.89. The maximum absolute atomic E-state index is 5.79. The van der Waals surface area contributed by atoms with Crippen molar-refractivity contribution in [2.45, 2.75) is 58.7 Å². The Morgan fingerprint density at radius 2 is 2.04 bits per heavy atom. The first kappa shape index (κ1) is 17.8. The standard InChI is InChI=1S/C17H32N6O/c1-4-21-7-9-22(10-8-21)16(12-14(2)3)17-18-19-20-23(17)13-15-6-5-11-24-15/h14-16H,4-13H2,1-3H3/p+2/t15-,16+/m1/s1. The van der Waals surface area contributed by atoms with Crippen molar-refractivity contribution >= 4 is 0 Å². The highest BCUT2D eigenvalue weighted by atomic mass is 16.5. The van der Waals surface area contributed by atoms with Crippen LogP contribution in [0.25, 0.3) is 0 Å². The Balaban J connectivity index is 1.72. The summed E-state index contributed by atoms with van der Waals surface area (Å²) in [6, 6.07) is 0.403. The summed E-state index contributed by atoms with van der Waals surface area (Å²) in [4.78, 5) is 3.38. The Morgan fingerprint density at radius 3 is 2.67 bits per heavy atom. The second-order valence-electron chi connectivity index (χ2n) is 7.80. The summed E-state index contributed by atoms with van der Waals surface area (Å²) in [5.74, 6) is 1.71. The lowest BCUT2D eigenvalue weighted by atomic mass is 10.0. The van der Waals surface area contributed by atoms with Gasteiger partial charge in [0, 0.05) is 13.0 Å². The highest BCUT2D eigenvalue weighted by Gasteiger charge is 2.34. The lowest BCUT2D eigenvalue weighted by molar-refractivity contribution is -1.03. The van der Waals surface area contributed by atoms with Crippen LogP contribution in [-0.2, 0) is 11.3 Å². The van der Waals surface area contributed by atoms with Crippen LogP contribution in [0.5, 0.6) is 0 Å². The number of nitrogens with one attached hydrogen (secondary N) is 2. The summed E-state index contributed by atoms with van der Waals surface area (Å²) in [6.45, 7) is 14.7. The van der Waals surface area contributed by atoms with Crippen LogP contribution in [0.3, 0.4) is 0 Å². The van der Waals surface area contributed by atoms with Gasteiger partial charge in [0.05, 0.1) is 19.2 Å². The van der Waals surface area contributed by atoms with E-state index in [9.17, 15) is 0 Å². The predicted molar refractivity (Wildman–Crippen MR) is 90.9 cm³/mol. The Kier molecular flexibility index (Phi) is 6.19.